The number of ether oxygens (including phenoxy) is 1. The molecule has 0 unspecified atom stereocenters. The summed E-state index contributed by atoms with van der Waals surface area (Å²) in [5, 5.41) is 3.22. The molecule has 0 aliphatic carbocycles. The number of benzene rings is 2. The van der Waals surface area contributed by atoms with E-state index in [0.717, 1.165) is 27.8 Å². The second-order valence-corrected chi connectivity index (χ2v) is 11.9. The first-order chi connectivity index (χ1) is 15.7. The quantitative estimate of drug-likeness (QED) is 0.494. The van der Waals surface area contributed by atoms with Crippen LogP contribution >= 0.6 is 15.9 Å². The number of hydrogen-bond acceptors (Lipinski definition) is 4. The van der Waals surface area contributed by atoms with Crippen molar-refractivity contribution in [2.45, 2.75) is 44.9 Å². The normalized spacial score (nSPS) is 16.5. The molecule has 0 saturated carbocycles. The Kier molecular flexibility index (Phi) is 8.95. The largest absolute Gasteiger partial charge is 0.497 e. The molecule has 1 fully saturated rings. The molecule has 1 heterocycles. The molecular weight excluding hydrogens is 504 g/mol. The molecule has 1 saturated heterocycles. The van der Waals surface area contributed by atoms with Gasteiger partial charge < -0.3 is 10.1 Å². The zero-order valence-corrected chi connectivity index (χ0v) is 21.9. The third-order valence-electron chi connectivity index (χ3n) is 6.00. The molecule has 1 atom stereocenters. The van der Waals surface area contributed by atoms with Crippen molar-refractivity contribution in [3.8, 4) is 5.75 Å². The number of amides is 1. The second-order valence-electron chi connectivity index (χ2n) is 9.02. The van der Waals surface area contributed by atoms with Crippen molar-refractivity contribution in [1.29, 1.82) is 0 Å². The fraction of sp³-hybridized carbons (Fsp3) is 0.480. The molecule has 0 radical (unpaired) electrons. The van der Waals surface area contributed by atoms with Crippen molar-refractivity contribution in [3.63, 3.8) is 0 Å². The minimum atomic E-state index is -3.42. The minimum Gasteiger partial charge on any atom is -0.497 e. The summed E-state index contributed by atoms with van der Waals surface area (Å²) >= 11 is 3.39. The molecule has 180 valence electrons. The summed E-state index contributed by atoms with van der Waals surface area (Å²) in [4.78, 5) is 13.1. The Morgan fingerprint density at radius 2 is 1.82 bits per heavy atom. The van der Waals surface area contributed by atoms with Crippen LogP contribution in [-0.2, 0) is 20.6 Å². The first-order valence-electron chi connectivity index (χ1n) is 11.3. The zero-order valence-electron chi connectivity index (χ0n) is 19.5. The number of nitrogens with zero attached hydrogens (tertiary/aromatic N) is 1. The van der Waals surface area contributed by atoms with Gasteiger partial charge in [0.2, 0.25) is 15.9 Å². The third kappa shape index (κ3) is 7.29. The molecule has 0 aromatic heterocycles. The van der Waals surface area contributed by atoms with Gasteiger partial charge in [-0.25, -0.2) is 12.7 Å². The van der Waals surface area contributed by atoms with Crippen molar-refractivity contribution in [3.05, 3.63) is 64.1 Å². The highest BCUT2D eigenvalue weighted by Gasteiger charge is 2.32. The molecule has 6 nitrogen and oxygen atoms in total. The summed E-state index contributed by atoms with van der Waals surface area (Å²) in [6.07, 6.45) is 1.89. The molecule has 0 spiro atoms. The van der Waals surface area contributed by atoms with Gasteiger partial charge in [0.1, 0.15) is 5.75 Å². The van der Waals surface area contributed by atoms with Gasteiger partial charge in [-0.1, -0.05) is 54.0 Å². The van der Waals surface area contributed by atoms with E-state index >= 15 is 0 Å². The number of halogens is 1. The average molecular weight is 538 g/mol. The standard InChI is InChI=1S/C25H33BrN2O4S/c1-18(2)15-24(20-7-9-23(32-3)10-8-20)27-25(29)21-11-13-28(14-12-21)33(30,31)17-19-5-4-6-22(26)16-19/h4-10,16,18,21,24H,11-15,17H2,1-3H3,(H,27,29)/t24-/m1/s1. The molecule has 3 rings (SSSR count). The lowest BCUT2D eigenvalue weighted by Crippen LogP contribution is -2.44. The lowest BCUT2D eigenvalue weighted by molar-refractivity contribution is -0.127. The third-order valence-corrected chi connectivity index (χ3v) is 8.34. The summed E-state index contributed by atoms with van der Waals surface area (Å²) in [7, 11) is -1.79. The first kappa shape index (κ1) is 25.7. The van der Waals surface area contributed by atoms with Crippen molar-refractivity contribution in [1.82, 2.24) is 9.62 Å². The topological polar surface area (TPSA) is 75.7 Å². The van der Waals surface area contributed by atoms with Gasteiger partial charge >= 0.3 is 0 Å². The average Bonchev–Trinajstić information content (AvgIpc) is 2.78. The van der Waals surface area contributed by atoms with Crippen molar-refractivity contribution in [2.24, 2.45) is 11.8 Å². The fourth-order valence-electron chi connectivity index (χ4n) is 4.20. The monoisotopic (exact) mass is 536 g/mol. The van der Waals surface area contributed by atoms with Crippen LogP contribution in [0.4, 0.5) is 0 Å². The summed E-state index contributed by atoms with van der Waals surface area (Å²) in [6, 6.07) is 15.1. The maximum atomic E-state index is 13.1. The van der Waals surface area contributed by atoms with Gasteiger partial charge in [0, 0.05) is 23.5 Å². The number of piperidine rings is 1. The number of hydrogen-bond donors (Lipinski definition) is 1. The molecule has 8 heteroatoms. The van der Waals surface area contributed by atoms with Crippen LogP contribution in [0.3, 0.4) is 0 Å². The molecule has 1 aliphatic rings. The van der Waals surface area contributed by atoms with Crippen LogP contribution < -0.4 is 10.1 Å². The molecular formula is C25H33BrN2O4S. The van der Waals surface area contributed by atoms with Crippen LogP contribution in [-0.4, -0.2) is 38.8 Å². The predicted molar refractivity (Wildman–Crippen MR) is 134 cm³/mol. The van der Waals surface area contributed by atoms with Crippen LogP contribution in [0.15, 0.2) is 53.0 Å². The van der Waals surface area contributed by atoms with Crippen LogP contribution in [0.5, 0.6) is 5.75 Å². The van der Waals surface area contributed by atoms with E-state index in [1.165, 1.54) is 4.31 Å². The Morgan fingerprint density at radius 1 is 1.15 bits per heavy atom. The summed E-state index contributed by atoms with van der Waals surface area (Å²) in [6.45, 7) is 5.01. The summed E-state index contributed by atoms with van der Waals surface area (Å²) in [5.74, 6) is 0.986. The number of carbonyl (C=O) groups excluding carboxylic acids is 1. The van der Waals surface area contributed by atoms with Crippen LogP contribution in [0.25, 0.3) is 0 Å². The highest BCUT2D eigenvalue weighted by atomic mass is 79.9. The van der Waals surface area contributed by atoms with E-state index in [0.29, 0.717) is 31.8 Å². The first-order valence-corrected chi connectivity index (χ1v) is 13.7. The molecule has 1 aliphatic heterocycles. The lowest BCUT2D eigenvalue weighted by Gasteiger charge is -2.32. The van der Waals surface area contributed by atoms with Crippen molar-refractivity contribution < 1.29 is 17.9 Å². The van der Waals surface area contributed by atoms with Gasteiger partial charge in [0.05, 0.1) is 18.9 Å². The number of carbonyl (C=O) groups is 1. The van der Waals surface area contributed by atoms with E-state index in [4.69, 9.17) is 4.74 Å². The smallest absolute Gasteiger partial charge is 0.223 e. The second kappa shape index (κ2) is 11.5. The number of nitrogens with one attached hydrogen (secondary N) is 1. The molecule has 33 heavy (non-hydrogen) atoms. The molecule has 2 aromatic rings. The number of sulfonamides is 1. The van der Waals surface area contributed by atoms with E-state index in [1.807, 2.05) is 48.5 Å². The SMILES string of the molecule is COc1ccc([C@@H](CC(C)C)NC(=O)C2CCN(S(=O)(=O)Cc3cccc(Br)c3)CC2)cc1. The van der Waals surface area contributed by atoms with E-state index in [-0.39, 0.29) is 23.6 Å². The van der Waals surface area contributed by atoms with Gasteiger partial charge in [-0.05, 0) is 60.6 Å². The Bertz CT molecular complexity index is 1030. The van der Waals surface area contributed by atoms with Gasteiger partial charge in [-0.2, -0.15) is 0 Å². The Labute approximate surface area is 205 Å². The molecule has 2 aromatic carbocycles. The van der Waals surface area contributed by atoms with Gasteiger partial charge in [0.15, 0.2) is 0 Å². The number of methoxy groups -OCH3 is 1. The zero-order chi connectivity index (χ0) is 24.0. The maximum Gasteiger partial charge on any atom is 0.223 e. The van der Waals surface area contributed by atoms with Gasteiger partial charge in [0.25, 0.3) is 0 Å². The fourth-order valence-corrected chi connectivity index (χ4v) is 6.20. The van der Waals surface area contributed by atoms with Crippen LogP contribution in [0, 0.1) is 11.8 Å². The highest BCUT2D eigenvalue weighted by Crippen LogP contribution is 2.27. The summed E-state index contributed by atoms with van der Waals surface area (Å²) < 4.78 is 33.4. The van der Waals surface area contributed by atoms with Crippen LogP contribution in [0.1, 0.15) is 50.3 Å². The van der Waals surface area contributed by atoms with Gasteiger partial charge in [-0.3, -0.25) is 4.79 Å². The van der Waals surface area contributed by atoms with E-state index in [1.54, 1.807) is 7.11 Å². The predicted octanol–water partition coefficient (Wildman–Crippen LogP) is 4.90. The highest BCUT2D eigenvalue weighted by molar-refractivity contribution is 9.10. The Balaban J connectivity index is 1.59. The molecule has 0 bridgehead atoms. The maximum absolute atomic E-state index is 13.1. The Hall–Kier alpha value is -1.90. The number of rotatable bonds is 9. The molecule has 1 amide bonds. The van der Waals surface area contributed by atoms with E-state index < -0.39 is 10.0 Å². The molecule has 1 N–H and O–H groups in total. The summed E-state index contributed by atoms with van der Waals surface area (Å²) in [5.41, 5.74) is 1.80. The van der Waals surface area contributed by atoms with Gasteiger partial charge in [-0.15, -0.1) is 0 Å². The van der Waals surface area contributed by atoms with Crippen molar-refractivity contribution in [2.75, 3.05) is 20.2 Å². The van der Waals surface area contributed by atoms with Crippen LogP contribution in [0.2, 0.25) is 0 Å². The Morgan fingerprint density at radius 3 is 2.39 bits per heavy atom. The van der Waals surface area contributed by atoms with E-state index in [9.17, 15) is 13.2 Å². The van der Waals surface area contributed by atoms with E-state index in [2.05, 4.69) is 35.1 Å². The minimum absolute atomic E-state index is 0.000468. The van der Waals surface area contributed by atoms with Crippen molar-refractivity contribution >= 4 is 31.9 Å². The lowest BCUT2D eigenvalue weighted by atomic mass is 9.93.